The smallest absolute Gasteiger partial charge is 0.326 e. The molecule has 104 valence electrons. The van der Waals surface area contributed by atoms with Crippen molar-refractivity contribution in [2.24, 2.45) is 10.7 Å². The fraction of sp³-hybridized carbons (Fsp3) is 0.429. The maximum Gasteiger partial charge on any atom is 0.326 e. The highest BCUT2D eigenvalue weighted by Gasteiger charge is 2.07. The third-order valence-electron chi connectivity index (χ3n) is 2.76. The van der Waals surface area contributed by atoms with Gasteiger partial charge in [0.1, 0.15) is 0 Å². The number of guanidine groups is 1. The predicted octanol–water partition coefficient (Wildman–Crippen LogP) is 2.54. The molecule has 0 saturated carbocycles. The van der Waals surface area contributed by atoms with Crippen molar-refractivity contribution in [3.8, 4) is 0 Å². The lowest BCUT2D eigenvalue weighted by molar-refractivity contribution is 0.256. The van der Waals surface area contributed by atoms with Crippen LogP contribution in [0, 0.1) is 13.8 Å². The van der Waals surface area contributed by atoms with Gasteiger partial charge in [-0.3, -0.25) is 10.3 Å². The van der Waals surface area contributed by atoms with E-state index >= 15 is 0 Å². The first-order chi connectivity index (χ1) is 9.04. The standard InChI is InChI=1S/C14H22N4O/c1-4-5-9-16-13(15)18-14(19)17-12-10(2)7-6-8-11(12)3/h6-8H,4-5,9H2,1-3H3,(H4,15,16,17,18,19). The normalized spacial score (nSPS) is 11.2. The van der Waals surface area contributed by atoms with E-state index in [2.05, 4.69) is 22.5 Å². The zero-order valence-corrected chi connectivity index (χ0v) is 11.8. The van der Waals surface area contributed by atoms with Crippen molar-refractivity contribution in [1.29, 1.82) is 0 Å². The summed E-state index contributed by atoms with van der Waals surface area (Å²) in [7, 11) is 0. The molecule has 0 heterocycles. The highest BCUT2D eigenvalue weighted by molar-refractivity contribution is 6.02. The summed E-state index contributed by atoms with van der Waals surface area (Å²) in [6, 6.07) is 5.48. The first kappa shape index (κ1) is 15.0. The first-order valence-corrected chi connectivity index (χ1v) is 6.48. The van der Waals surface area contributed by atoms with Gasteiger partial charge in [-0.2, -0.15) is 0 Å². The number of nitrogens with one attached hydrogen (secondary N) is 2. The number of carbonyl (C=O) groups is 1. The molecular formula is C14H22N4O. The minimum atomic E-state index is -0.366. The number of urea groups is 1. The van der Waals surface area contributed by atoms with Crippen molar-refractivity contribution in [2.45, 2.75) is 33.6 Å². The van der Waals surface area contributed by atoms with Crippen molar-refractivity contribution in [3.05, 3.63) is 29.3 Å². The van der Waals surface area contributed by atoms with Gasteiger partial charge in [-0.1, -0.05) is 31.5 Å². The molecular weight excluding hydrogens is 240 g/mol. The average Bonchev–Trinajstić information content (AvgIpc) is 2.34. The molecule has 1 rings (SSSR count). The molecule has 0 unspecified atom stereocenters. The maximum absolute atomic E-state index is 11.8. The number of amides is 2. The molecule has 4 N–H and O–H groups in total. The minimum Gasteiger partial charge on any atom is -0.370 e. The fourth-order valence-corrected chi connectivity index (χ4v) is 1.67. The van der Waals surface area contributed by atoms with E-state index in [0.717, 1.165) is 29.7 Å². The third kappa shape index (κ3) is 4.99. The Kier molecular flexibility index (Phi) is 5.85. The Morgan fingerprint density at radius 1 is 1.32 bits per heavy atom. The molecule has 0 aliphatic heterocycles. The van der Waals surface area contributed by atoms with Gasteiger partial charge in [0.05, 0.1) is 0 Å². The molecule has 0 fully saturated rings. The van der Waals surface area contributed by atoms with E-state index in [9.17, 15) is 4.79 Å². The number of carbonyl (C=O) groups excluding carboxylic acids is 1. The van der Waals surface area contributed by atoms with E-state index in [1.807, 2.05) is 32.0 Å². The molecule has 1 aromatic carbocycles. The Morgan fingerprint density at radius 2 is 1.95 bits per heavy atom. The van der Waals surface area contributed by atoms with E-state index in [1.54, 1.807) is 0 Å². The number of benzene rings is 1. The topological polar surface area (TPSA) is 79.5 Å². The molecule has 0 radical (unpaired) electrons. The lowest BCUT2D eigenvalue weighted by atomic mass is 10.1. The molecule has 0 saturated heterocycles. The van der Waals surface area contributed by atoms with Crippen LogP contribution < -0.4 is 16.4 Å². The van der Waals surface area contributed by atoms with Gasteiger partial charge in [-0.05, 0) is 31.4 Å². The zero-order chi connectivity index (χ0) is 14.3. The second-order valence-electron chi connectivity index (χ2n) is 4.47. The Hall–Kier alpha value is -2.04. The SMILES string of the molecule is CCCCN=C(N)NC(=O)Nc1c(C)cccc1C. The minimum absolute atomic E-state index is 0.150. The number of rotatable bonds is 4. The van der Waals surface area contributed by atoms with Crippen LogP contribution in [0.3, 0.4) is 0 Å². The van der Waals surface area contributed by atoms with Crippen LogP contribution in [0.1, 0.15) is 30.9 Å². The van der Waals surface area contributed by atoms with Gasteiger partial charge in [0.15, 0.2) is 5.96 Å². The van der Waals surface area contributed by atoms with Crippen LogP contribution >= 0.6 is 0 Å². The Bertz CT molecular complexity index is 448. The molecule has 2 amide bonds. The number of aliphatic imine (C=N–C) groups is 1. The van der Waals surface area contributed by atoms with E-state index in [1.165, 1.54) is 0 Å². The molecule has 5 nitrogen and oxygen atoms in total. The molecule has 0 spiro atoms. The van der Waals surface area contributed by atoms with Gasteiger partial charge in [0.25, 0.3) is 0 Å². The molecule has 0 aliphatic carbocycles. The van der Waals surface area contributed by atoms with Gasteiger partial charge in [-0.15, -0.1) is 0 Å². The number of anilines is 1. The van der Waals surface area contributed by atoms with Crippen LogP contribution in [-0.2, 0) is 0 Å². The Labute approximate surface area is 114 Å². The Balaban J connectivity index is 2.58. The molecule has 0 bridgehead atoms. The average molecular weight is 262 g/mol. The number of nitrogens with zero attached hydrogens (tertiary/aromatic N) is 1. The van der Waals surface area contributed by atoms with E-state index < -0.39 is 0 Å². The monoisotopic (exact) mass is 262 g/mol. The molecule has 5 heteroatoms. The van der Waals surface area contributed by atoms with Crippen molar-refractivity contribution >= 4 is 17.7 Å². The van der Waals surface area contributed by atoms with Crippen molar-refractivity contribution in [1.82, 2.24) is 5.32 Å². The van der Waals surface area contributed by atoms with Gasteiger partial charge < -0.3 is 11.1 Å². The summed E-state index contributed by atoms with van der Waals surface area (Å²) in [5.74, 6) is 0.150. The molecule has 0 aromatic heterocycles. The quantitative estimate of drug-likeness (QED) is 0.443. The zero-order valence-electron chi connectivity index (χ0n) is 11.8. The van der Waals surface area contributed by atoms with Crippen LogP contribution in [0.2, 0.25) is 0 Å². The number of hydrogen-bond donors (Lipinski definition) is 3. The van der Waals surface area contributed by atoms with Crippen molar-refractivity contribution in [3.63, 3.8) is 0 Å². The van der Waals surface area contributed by atoms with Crippen LogP contribution in [0.25, 0.3) is 0 Å². The van der Waals surface area contributed by atoms with Crippen LogP contribution in [0.4, 0.5) is 10.5 Å². The molecule has 0 atom stereocenters. The number of nitrogens with two attached hydrogens (primary N) is 1. The van der Waals surface area contributed by atoms with Gasteiger partial charge in [0, 0.05) is 12.2 Å². The lowest BCUT2D eigenvalue weighted by Gasteiger charge is -2.12. The fourth-order valence-electron chi connectivity index (χ4n) is 1.67. The van der Waals surface area contributed by atoms with Crippen LogP contribution in [0.5, 0.6) is 0 Å². The highest BCUT2D eigenvalue weighted by atomic mass is 16.2. The van der Waals surface area contributed by atoms with E-state index in [0.29, 0.717) is 6.54 Å². The largest absolute Gasteiger partial charge is 0.370 e. The van der Waals surface area contributed by atoms with Gasteiger partial charge >= 0.3 is 6.03 Å². The van der Waals surface area contributed by atoms with Gasteiger partial charge in [0.2, 0.25) is 0 Å². The summed E-state index contributed by atoms with van der Waals surface area (Å²) in [6.45, 7) is 6.60. The summed E-state index contributed by atoms with van der Waals surface area (Å²) >= 11 is 0. The van der Waals surface area contributed by atoms with E-state index in [-0.39, 0.29) is 12.0 Å². The van der Waals surface area contributed by atoms with Gasteiger partial charge in [-0.25, -0.2) is 4.79 Å². The second kappa shape index (κ2) is 7.41. The van der Waals surface area contributed by atoms with Crippen molar-refractivity contribution in [2.75, 3.05) is 11.9 Å². The summed E-state index contributed by atoms with van der Waals surface area (Å²) in [6.07, 6.45) is 2.01. The third-order valence-corrected chi connectivity index (χ3v) is 2.76. The lowest BCUT2D eigenvalue weighted by Crippen LogP contribution is -2.40. The van der Waals surface area contributed by atoms with Crippen LogP contribution in [0.15, 0.2) is 23.2 Å². The molecule has 0 aliphatic rings. The first-order valence-electron chi connectivity index (χ1n) is 6.48. The summed E-state index contributed by atoms with van der Waals surface area (Å²) in [5, 5.41) is 5.31. The molecule has 1 aromatic rings. The number of hydrogen-bond acceptors (Lipinski definition) is 2. The molecule has 19 heavy (non-hydrogen) atoms. The Morgan fingerprint density at radius 3 is 2.53 bits per heavy atom. The second-order valence-corrected chi connectivity index (χ2v) is 4.47. The number of unbranched alkanes of at least 4 members (excludes halogenated alkanes) is 1. The summed E-state index contributed by atoms with van der Waals surface area (Å²) in [5.41, 5.74) is 8.45. The predicted molar refractivity (Wildman–Crippen MR) is 79.5 cm³/mol. The van der Waals surface area contributed by atoms with Crippen LogP contribution in [-0.4, -0.2) is 18.5 Å². The number of aryl methyl sites for hydroxylation is 2. The summed E-state index contributed by atoms with van der Waals surface area (Å²) < 4.78 is 0. The summed E-state index contributed by atoms with van der Waals surface area (Å²) in [4.78, 5) is 15.8. The highest BCUT2D eigenvalue weighted by Crippen LogP contribution is 2.18. The maximum atomic E-state index is 11.8. The van der Waals surface area contributed by atoms with Crippen molar-refractivity contribution < 1.29 is 4.79 Å². The number of para-hydroxylation sites is 1. The van der Waals surface area contributed by atoms with E-state index in [4.69, 9.17) is 5.73 Å².